The van der Waals surface area contributed by atoms with E-state index in [0.29, 0.717) is 33.5 Å². The van der Waals surface area contributed by atoms with Crippen LogP contribution in [0.15, 0.2) is 65.2 Å². The van der Waals surface area contributed by atoms with Gasteiger partial charge >= 0.3 is 0 Å². The molecule has 9 heteroatoms. The molecule has 7 rings (SSSR count). The molecule has 3 saturated heterocycles. The molecular formula is C29H23N3O6. The zero-order valence-corrected chi connectivity index (χ0v) is 20.5. The zero-order chi connectivity index (χ0) is 26.2. The summed E-state index contributed by atoms with van der Waals surface area (Å²) in [6.45, 7) is 1.87. The number of imide groups is 1. The van der Waals surface area contributed by atoms with Gasteiger partial charge in [-0.3, -0.25) is 9.59 Å². The lowest BCUT2D eigenvalue weighted by Gasteiger charge is -2.33. The number of rotatable bonds is 5. The van der Waals surface area contributed by atoms with Crippen molar-refractivity contribution in [1.82, 2.24) is 5.16 Å². The van der Waals surface area contributed by atoms with E-state index in [4.69, 9.17) is 14.0 Å². The summed E-state index contributed by atoms with van der Waals surface area (Å²) < 4.78 is 17.6. The van der Waals surface area contributed by atoms with E-state index < -0.39 is 35.0 Å². The summed E-state index contributed by atoms with van der Waals surface area (Å²) >= 11 is 0. The summed E-state index contributed by atoms with van der Waals surface area (Å²) in [6.07, 6.45) is -0.414. The fourth-order valence-electron chi connectivity index (χ4n) is 6.72. The Morgan fingerprint density at radius 3 is 2.55 bits per heavy atom. The SMILES string of the molecule is C[C@@]12O[C@@](CCOc3noc4ccccc34)(C[C@H]1O)[C@@H]1C(=O)N(c3ccc(C#N)c4ccccc34)C(=O)[C@@H]12. The molecule has 0 aliphatic carbocycles. The van der Waals surface area contributed by atoms with Crippen LogP contribution >= 0.6 is 0 Å². The van der Waals surface area contributed by atoms with Gasteiger partial charge in [0.05, 0.1) is 52.9 Å². The van der Waals surface area contributed by atoms with Crippen molar-refractivity contribution in [2.75, 3.05) is 11.5 Å². The van der Waals surface area contributed by atoms with Crippen LogP contribution in [0.4, 0.5) is 5.69 Å². The molecule has 0 radical (unpaired) electrons. The smallest absolute Gasteiger partial charge is 0.262 e. The first-order valence-electron chi connectivity index (χ1n) is 12.5. The Balaban J connectivity index is 1.23. The highest BCUT2D eigenvalue weighted by atomic mass is 16.6. The standard InChI is InChI=1S/C29H23N3O6/c1-28-22(33)14-29(38-28,12-13-36-25-19-8-4-5-9-21(19)37-31-25)24-23(28)26(34)32(27(24)35)20-11-10-16(15-30)17-6-2-3-7-18(17)20/h2-11,22-24,33H,12-14H2,1H3/t22-,23-,24+,28-,29+/m1/s1. The number of carbonyl (C=O) groups excluding carboxylic acids is 2. The fraction of sp³-hybridized carbons (Fsp3) is 0.310. The zero-order valence-electron chi connectivity index (χ0n) is 20.5. The third kappa shape index (κ3) is 2.90. The Morgan fingerprint density at radius 1 is 1.05 bits per heavy atom. The monoisotopic (exact) mass is 509 g/mol. The molecule has 9 nitrogen and oxygen atoms in total. The van der Waals surface area contributed by atoms with Gasteiger partial charge in [-0.05, 0) is 36.3 Å². The molecule has 0 spiro atoms. The first kappa shape index (κ1) is 22.9. The molecule has 5 atom stereocenters. The van der Waals surface area contributed by atoms with Gasteiger partial charge in [-0.15, -0.1) is 0 Å². The minimum Gasteiger partial charge on any atom is -0.475 e. The Morgan fingerprint density at radius 2 is 1.76 bits per heavy atom. The number of aliphatic hydroxyl groups excluding tert-OH is 1. The number of anilines is 1. The lowest BCUT2D eigenvalue weighted by molar-refractivity contribution is -0.134. The Labute approximate surface area is 217 Å². The highest BCUT2D eigenvalue weighted by Gasteiger charge is 2.77. The minimum absolute atomic E-state index is 0.157. The highest BCUT2D eigenvalue weighted by molar-refractivity contribution is 6.26. The van der Waals surface area contributed by atoms with Crippen LogP contribution in [-0.4, -0.2) is 46.0 Å². The maximum Gasteiger partial charge on any atom is 0.262 e. The summed E-state index contributed by atoms with van der Waals surface area (Å²) in [7, 11) is 0. The number of hydrogen-bond donors (Lipinski definition) is 1. The van der Waals surface area contributed by atoms with Gasteiger partial charge in [-0.2, -0.15) is 5.26 Å². The van der Waals surface area contributed by atoms with Crippen molar-refractivity contribution in [2.24, 2.45) is 11.8 Å². The average Bonchev–Trinajstić information content (AvgIpc) is 3.61. The second kappa shape index (κ2) is 7.87. The van der Waals surface area contributed by atoms with E-state index in [0.717, 1.165) is 5.39 Å². The number of aromatic nitrogens is 1. The average molecular weight is 510 g/mol. The maximum absolute atomic E-state index is 14.0. The van der Waals surface area contributed by atoms with Gasteiger partial charge in [-0.1, -0.05) is 36.4 Å². The fourth-order valence-corrected chi connectivity index (χ4v) is 6.72. The second-order valence-electron chi connectivity index (χ2n) is 10.4. The van der Waals surface area contributed by atoms with Crippen LogP contribution in [-0.2, 0) is 14.3 Å². The molecular weight excluding hydrogens is 486 g/mol. The predicted molar refractivity (Wildman–Crippen MR) is 135 cm³/mol. The van der Waals surface area contributed by atoms with Crippen molar-refractivity contribution >= 4 is 39.2 Å². The predicted octanol–water partition coefficient (Wildman–Crippen LogP) is 3.72. The molecule has 38 heavy (non-hydrogen) atoms. The topological polar surface area (TPSA) is 126 Å². The molecule has 2 bridgehead atoms. The largest absolute Gasteiger partial charge is 0.475 e. The summed E-state index contributed by atoms with van der Waals surface area (Å²) in [6, 6.07) is 20.0. The normalized spacial score (nSPS) is 29.8. The van der Waals surface area contributed by atoms with Gasteiger partial charge < -0.3 is 19.1 Å². The number of nitrogens with zero attached hydrogens (tertiary/aromatic N) is 3. The number of hydrogen-bond acceptors (Lipinski definition) is 8. The van der Waals surface area contributed by atoms with Gasteiger partial charge in [0.1, 0.15) is 5.60 Å². The molecule has 1 aromatic heterocycles. The van der Waals surface area contributed by atoms with Crippen LogP contribution in [0, 0.1) is 23.2 Å². The van der Waals surface area contributed by atoms with Crippen molar-refractivity contribution < 1.29 is 28.7 Å². The van der Waals surface area contributed by atoms with E-state index in [1.807, 2.05) is 30.3 Å². The number of nitriles is 1. The first-order valence-corrected chi connectivity index (χ1v) is 12.5. The quantitative estimate of drug-likeness (QED) is 0.404. The first-order chi connectivity index (χ1) is 18.4. The molecule has 3 aromatic carbocycles. The highest BCUT2D eigenvalue weighted by Crippen LogP contribution is 2.62. The number of aliphatic hydroxyl groups is 1. The van der Waals surface area contributed by atoms with E-state index in [-0.39, 0.29) is 25.4 Å². The molecule has 4 aromatic rings. The molecule has 0 saturated carbocycles. The Kier molecular flexibility index (Phi) is 4.74. The second-order valence-corrected chi connectivity index (χ2v) is 10.4. The van der Waals surface area contributed by atoms with Gasteiger partial charge in [0.2, 0.25) is 11.8 Å². The third-order valence-electron chi connectivity index (χ3n) is 8.49. The molecule has 3 fully saturated rings. The molecule has 2 amide bonds. The molecule has 3 aliphatic heterocycles. The summed E-state index contributed by atoms with van der Waals surface area (Å²) in [4.78, 5) is 29.1. The van der Waals surface area contributed by atoms with Crippen molar-refractivity contribution in [3.05, 3.63) is 66.2 Å². The molecule has 190 valence electrons. The molecule has 1 N–H and O–H groups in total. The van der Waals surface area contributed by atoms with E-state index in [1.54, 1.807) is 37.3 Å². The Hall–Kier alpha value is -4.26. The molecule has 4 heterocycles. The van der Waals surface area contributed by atoms with Crippen LogP contribution in [0.3, 0.4) is 0 Å². The van der Waals surface area contributed by atoms with E-state index >= 15 is 0 Å². The van der Waals surface area contributed by atoms with E-state index in [9.17, 15) is 20.0 Å². The van der Waals surface area contributed by atoms with Crippen molar-refractivity contribution in [2.45, 2.75) is 37.1 Å². The summed E-state index contributed by atoms with van der Waals surface area (Å²) in [5.74, 6) is -2.03. The van der Waals surface area contributed by atoms with Crippen LogP contribution < -0.4 is 9.64 Å². The van der Waals surface area contributed by atoms with Crippen molar-refractivity contribution in [3.63, 3.8) is 0 Å². The number of fused-ring (bicyclic) bond motifs is 7. The number of amides is 2. The maximum atomic E-state index is 14.0. The van der Waals surface area contributed by atoms with Gasteiger partial charge in [0.25, 0.3) is 5.88 Å². The number of benzene rings is 3. The molecule has 3 aliphatic rings. The number of ether oxygens (including phenoxy) is 2. The van der Waals surface area contributed by atoms with Crippen LogP contribution in [0.5, 0.6) is 5.88 Å². The lowest BCUT2D eigenvalue weighted by atomic mass is 9.66. The van der Waals surface area contributed by atoms with Crippen LogP contribution in [0.1, 0.15) is 25.3 Å². The van der Waals surface area contributed by atoms with Crippen molar-refractivity contribution in [3.8, 4) is 11.9 Å². The van der Waals surface area contributed by atoms with E-state index in [1.165, 1.54) is 4.90 Å². The third-order valence-corrected chi connectivity index (χ3v) is 8.49. The summed E-state index contributed by atoms with van der Waals surface area (Å²) in [5.41, 5.74) is -0.772. The lowest BCUT2D eigenvalue weighted by Crippen LogP contribution is -2.49. The summed E-state index contributed by atoms with van der Waals surface area (Å²) in [5, 5.41) is 26.6. The van der Waals surface area contributed by atoms with Crippen LogP contribution in [0.25, 0.3) is 21.7 Å². The van der Waals surface area contributed by atoms with Gasteiger partial charge in [0, 0.05) is 23.6 Å². The minimum atomic E-state index is -1.20. The molecule has 0 unspecified atom stereocenters. The van der Waals surface area contributed by atoms with Gasteiger partial charge in [-0.25, -0.2) is 4.90 Å². The number of para-hydroxylation sites is 1. The van der Waals surface area contributed by atoms with E-state index in [2.05, 4.69) is 11.2 Å². The van der Waals surface area contributed by atoms with Crippen molar-refractivity contribution in [1.29, 1.82) is 5.26 Å². The van der Waals surface area contributed by atoms with Crippen LogP contribution in [0.2, 0.25) is 0 Å². The Bertz CT molecular complexity index is 1690. The van der Waals surface area contributed by atoms with Gasteiger partial charge in [0.15, 0.2) is 5.58 Å². The number of carbonyl (C=O) groups is 2.